The maximum atomic E-state index is 9.30. The standard InChI is InChI=1S/C24H45N3O/c1-14(5-4-10-28)17-6-7-18-22-19(13-21(27)24(17,18)3)23(2)9-8-16(25)11-15(23)12-20(22)26/h14-22,28H,4-13,25-27H2,1-3H3/t14-,15?,16-,17?,18+,19+,20?,21+,22?,23+,24-/m1/s1. The van der Waals surface area contributed by atoms with Gasteiger partial charge in [0.05, 0.1) is 0 Å². The SMILES string of the molecule is C[C@H](CCCO)C1CC[C@H]2C3C(N)CC4C[C@H](N)CC[C@]4(C)[C@H]3C[C@H](N)[C@]12C. The quantitative estimate of drug-likeness (QED) is 0.591. The number of aliphatic hydroxyl groups is 1. The second kappa shape index (κ2) is 7.51. The summed E-state index contributed by atoms with van der Waals surface area (Å²) in [6.07, 6.45) is 10.5. The molecule has 7 N–H and O–H groups in total. The van der Waals surface area contributed by atoms with Crippen LogP contribution in [0.3, 0.4) is 0 Å². The van der Waals surface area contributed by atoms with Crippen LogP contribution < -0.4 is 17.2 Å². The Kier molecular flexibility index (Phi) is 5.66. The van der Waals surface area contributed by atoms with Crippen molar-refractivity contribution in [1.82, 2.24) is 0 Å². The highest BCUT2D eigenvalue weighted by Gasteiger charge is 2.64. The minimum absolute atomic E-state index is 0.210. The molecule has 162 valence electrons. The van der Waals surface area contributed by atoms with Crippen molar-refractivity contribution in [2.24, 2.45) is 63.5 Å². The van der Waals surface area contributed by atoms with E-state index in [1.54, 1.807) is 0 Å². The molecule has 4 nitrogen and oxygen atoms in total. The first kappa shape index (κ1) is 21.1. The summed E-state index contributed by atoms with van der Waals surface area (Å²) in [6, 6.07) is 0.963. The lowest BCUT2D eigenvalue weighted by molar-refractivity contribution is -0.132. The van der Waals surface area contributed by atoms with Gasteiger partial charge in [-0.15, -0.1) is 0 Å². The van der Waals surface area contributed by atoms with Gasteiger partial charge in [-0.2, -0.15) is 0 Å². The van der Waals surface area contributed by atoms with E-state index < -0.39 is 0 Å². The van der Waals surface area contributed by atoms with Crippen LogP contribution in [0.15, 0.2) is 0 Å². The third-order valence-corrected chi connectivity index (χ3v) is 10.6. The number of hydrogen-bond donors (Lipinski definition) is 4. The smallest absolute Gasteiger partial charge is 0.0431 e. The van der Waals surface area contributed by atoms with E-state index in [0.717, 1.165) is 32.1 Å². The fourth-order valence-electron chi connectivity index (χ4n) is 8.99. The number of fused-ring (bicyclic) bond motifs is 5. The third kappa shape index (κ3) is 3.01. The molecule has 4 fully saturated rings. The Hall–Kier alpha value is -0.160. The predicted octanol–water partition coefficient (Wildman–Crippen LogP) is 3.26. The highest BCUT2D eigenvalue weighted by atomic mass is 16.2. The highest BCUT2D eigenvalue weighted by molar-refractivity contribution is 5.16. The minimum Gasteiger partial charge on any atom is -0.396 e. The van der Waals surface area contributed by atoms with Crippen molar-refractivity contribution in [3.63, 3.8) is 0 Å². The molecule has 0 heterocycles. The average molecular weight is 392 g/mol. The van der Waals surface area contributed by atoms with Crippen molar-refractivity contribution in [2.75, 3.05) is 6.61 Å². The van der Waals surface area contributed by atoms with Crippen LogP contribution in [-0.2, 0) is 0 Å². The number of aliphatic hydroxyl groups excluding tert-OH is 1. The predicted molar refractivity (Wildman–Crippen MR) is 115 cm³/mol. The second-order valence-electron chi connectivity index (χ2n) is 11.7. The molecule has 0 amide bonds. The van der Waals surface area contributed by atoms with Gasteiger partial charge in [0.25, 0.3) is 0 Å². The maximum Gasteiger partial charge on any atom is 0.0431 e. The van der Waals surface area contributed by atoms with Gasteiger partial charge < -0.3 is 22.3 Å². The molecule has 11 atom stereocenters. The summed E-state index contributed by atoms with van der Waals surface area (Å²) in [5, 5.41) is 9.30. The lowest BCUT2D eigenvalue weighted by Gasteiger charge is -2.64. The largest absolute Gasteiger partial charge is 0.396 e. The lowest BCUT2D eigenvalue weighted by Crippen LogP contribution is -2.65. The lowest BCUT2D eigenvalue weighted by atomic mass is 9.42. The zero-order valence-electron chi connectivity index (χ0n) is 18.4. The van der Waals surface area contributed by atoms with Crippen molar-refractivity contribution < 1.29 is 5.11 Å². The van der Waals surface area contributed by atoms with Gasteiger partial charge in [-0.1, -0.05) is 20.8 Å². The molecule has 0 saturated heterocycles. The molecule has 4 aliphatic carbocycles. The van der Waals surface area contributed by atoms with E-state index in [1.165, 1.54) is 25.7 Å². The molecule has 0 spiro atoms. The second-order valence-corrected chi connectivity index (χ2v) is 11.7. The Morgan fingerprint density at radius 1 is 1.00 bits per heavy atom. The molecule has 4 rings (SSSR count). The minimum atomic E-state index is 0.210. The van der Waals surface area contributed by atoms with Gasteiger partial charge in [0.15, 0.2) is 0 Å². The van der Waals surface area contributed by atoms with Crippen LogP contribution in [0.1, 0.15) is 78.6 Å². The zero-order chi connectivity index (χ0) is 20.3. The fourth-order valence-corrected chi connectivity index (χ4v) is 8.99. The summed E-state index contributed by atoms with van der Waals surface area (Å²) in [5.41, 5.74) is 21.0. The third-order valence-electron chi connectivity index (χ3n) is 10.6. The van der Waals surface area contributed by atoms with Crippen molar-refractivity contribution in [3.8, 4) is 0 Å². The van der Waals surface area contributed by atoms with Crippen LogP contribution in [0.5, 0.6) is 0 Å². The molecular weight excluding hydrogens is 346 g/mol. The first-order valence-corrected chi connectivity index (χ1v) is 12.1. The molecule has 4 unspecified atom stereocenters. The van der Waals surface area contributed by atoms with Crippen LogP contribution >= 0.6 is 0 Å². The Balaban J connectivity index is 1.62. The number of hydrogen-bond acceptors (Lipinski definition) is 4. The summed E-state index contributed by atoms with van der Waals surface area (Å²) in [5.74, 6) is 3.98. The summed E-state index contributed by atoms with van der Waals surface area (Å²) in [7, 11) is 0. The van der Waals surface area contributed by atoms with Crippen molar-refractivity contribution >= 4 is 0 Å². The summed E-state index contributed by atoms with van der Waals surface area (Å²) >= 11 is 0. The van der Waals surface area contributed by atoms with Crippen molar-refractivity contribution in [1.29, 1.82) is 0 Å². The zero-order valence-corrected chi connectivity index (χ0v) is 18.4. The number of nitrogens with two attached hydrogens (primary N) is 3. The highest BCUT2D eigenvalue weighted by Crippen LogP contribution is 2.67. The average Bonchev–Trinajstić information content (AvgIpc) is 3.01. The molecule has 4 aliphatic rings. The molecule has 4 heteroatoms. The molecule has 0 aromatic heterocycles. The van der Waals surface area contributed by atoms with Crippen LogP contribution in [0, 0.1) is 46.3 Å². The van der Waals surface area contributed by atoms with Gasteiger partial charge in [0.2, 0.25) is 0 Å². The van der Waals surface area contributed by atoms with Gasteiger partial charge in [-0.3, -0.25) is 0 Å². The van der Waals surface area contributed by atoms with Crippen molar-refractivity contribution in [2.45, 2.75) is 96.7 Å². The van der Waals surface area contributed by atoms with Crippen molar-refractivity contribution in [3.05, 3.63) is 0 Å². The van der Waals surface area contributed by atoms with Gasteiger partial charge in [-0.25, -0.2) is 0 Å². The topological polar surface area (TPSA) is 98.3 Å². The molecule has 28 heavy (non-hydrogen) atoms. The maximum absolute atomic E-state index is 9.30. The van der Waals surface area contributed by atoms with Gasteiger partial charge in [0.1, 0.15) is 0 Å². The van der Waals surface area contributed by atoms with E-state index in [0.29, 0.717) is 59.6 Å². The van der Waals surface area contributed by atoms with Gasteiger partial charge in [-0.05, 0) is 104 Å². The normalized spacial score (nSPS) is 54.5. The molecule has 0 aromatic rings. The Bertz CT molecular complexity index is 570. The van der Waals surface area contributed by atoms with Crippen LogP contribution in [0.4, 0.5) is 0 Å². The first-order valence-electron chi connectivity index (χ1n) is 12.1. The summed E-state index contributed by atoms with van der Waals surface area (Å²) in [4.78, 5) is 0. The monoisotopic (exact) mass is 391 g/mol. The van der Waals surface area contributed by atoms with Gasteiger partial charge in [0, 0.05) is 24.7 Å². The molecule has 0 bridgehead atoms. The summed E-state index contributed by atoms with van der Waals surface area (Å²) < 4.78 is 0. The van der Waals surface area contributed by atoms with E-state index in [-0.39, 0.29) is 11.5 Å². The van der Waals surface area contributed by atoms with Crippen LogP contribution in [0.2, 0.25) is 0 Å². The molecule has 0 aliphatic heterocycles. The fraction of sp³-hybridized carbons (Fsp3) is 1.00. The van der Waals surface area contributed by atoms with Crippen LogP contribution in [0.25, 0.3) is 0 Å². The number of rotatable bonds is 4. The Morgan fingerprint density at radius 3 is 2.46 bits per heavy atom. The van der Waals surface area contributed by atoms with Gasteiger partial charge >= 0.3 is 0 Å². The van der Waals surface area contributed by atoms with E-state index in [4.69, 9.17) is 17.2 Å². The first-order chi connectivity index (χ1) is 13.2. The van der Waals surface area contributed by atoms with Crippen LogP contribution in [-0.4, -0.2) is 29.8 Å². The molecule has 0 aromatic carbocycles. The van der Waals surface area contributed by atoms with E-state index in [1.807, 2.05) is 0 Å². The van der Waals surface area contributed by atoms with E-state index in [2.05, 4.69) is 20.8 Å². The Labute approximate surface area is 172 Å². The Morgan fingerprint density at radius 2 is 1.75 bits per heavy atom. The summed E-state index contributed by atoms with van der Waals surface area (Å²) in [6.45, 7) is 7.76. The van der Waals surface area contributed by atoms with E-state index >= 15 is 0 Å². The van der Waals surface area contributed by atoms with E-state index in [9.17, 15) is 5.11 Å². The molecular formula is C24H45N3O. The molecule has 0 radical (unpaired) electrons. The molecule has 4 saturated carbocycles.